The van der Waals surface area contributed by atoms with Crippen molar-refractivity contribution < 1.29 is 9.59 Å². The van der Waals surface area contributed by atoms with E-state index in [1.165, 1.54) is 23.1 Å². The molecular formula is C21H21N3O2S2. The van der Waals surface area contributed by atoms with E-state index in [-0.39, 0.29) is 11.8 Å². The molecule has 0 saturated carbocycles. The number of benzene rings is 2. The molecule has 2 N–H and O–H groups in total. The number of thioether (sulfide) groups is 1. The lowest BCUT2D eigenvalue weighted by molar-refractivity contribution is -0.116. The second-order valence-electron chi connectivity index (χ2n) is 6.06. The largest absolute Gasteiger partial charge is 0.326 e. The Balaban J connectivity index is 1.79. The van der Waals surface area contributed by atoms with Crippen molar-refractivity contribution in [3.8, 4) is 0 Å². The molecule has 2 aromatic carbocycles. The molecule has 144 valence electrons. The highest BCUT2D eigenvalue weighted by molar-refractivity contribution is 8.00. The smallest absolute Gasteiger partial charge is 0.244 e. The molecule has 28 heavy (non-hydrogen) atoms. The number of amides is 2. The summed E-state index contributed by atoms with van der Waals surface area (Å²) < 4.78 is 0. The lowest BCUT2D eigenvalue weighted by atomic mass is 10.1. The van der Waals surface area contributed by atoms with Gasteiger partial charge in [0.05, 0.1) is 0 Å². The zero-order valence-electron chi connectivity index (χ0n) is 15.4. The fraction of sp³-hybridized carbons (Fsp3) is 0.190. The molecule has 7 heteroatoms. The Labute approximate surface area is 172 Å². The van der Waals surface area contributed by atoms with Gasteiger partial charge in [0, 0.05) is 28.6 Å². The average Bonchev–Trinajstić information content (AvgIpc) is 3.20. The highest BCUT2D eigenvalue weighted by Gasteiger charge is 2.23. The number of anilines is 2. The van der Waals surface area contributed by atoms with Crippen molar-refractivity contribution in [2.75, 3.05) is 10.6 Å². The fourth-order valence-corrected chi connectivity index (χ4v) is 4.21. The van der Waals surface area contributed by atoms with Crippen LogP contribution in [0.5, 0.6) is 0 Å². The Bertz CT molecular complexity index is 914. The van der Waals surface area contributed by atoms with Gasteiger partial charge in [-0.1, -0.05) is 43.3 Å². The van der Waals surface area contributed by atoms with Gasteiger partial charge in [0.15, 0.2) is 5.13 Å². The third-order valence-electron chi connectivity index (χ3n) is 3.85. The van der Waals surface area contributed by atoms with Gasteiger partial charge in [0.2, 0.25) is 11.8 Å². The molecule has 0 saturated heterocycles. The van der Waals surface area contributed by atoms with Crippen LogP contribution in [0.4, 0.5) is 10.8 Å². The summed E-state index contributed by atoms with van der Waals surface area (Å²) in [6.07, 6.45) is 2.95. The number of hydrogen-bond donors (Lipinski definition) is 2. The summed E-state index contributed by atoms with van der Waals surface area (Å²) in [4.78, 5) is 29.8. The van der Waals surface area contributed by atoms with Gasteiger partial charge < -0.3 is 10.6 Å². The molecule has 0 bridgehead atoms. The normalized spacial score (nSPS) is 11.6. The molecule has 0 radical (unpaired) electrons. The number of thiazole rings is 1. The Hall–Kier alpha value is -2.64. The molecule has 2 amide bonds. The van der Waals surface area contributed by atoms with E-state index in [9.17, 15) is 9.59 Å². The minimum absolute atomic E-state index is 0.00854. The number of nitrogens with zero attached hydrogens (tertiary/aromatic N) is 1. The minimum Gasteiger partial charge on any atom is -0.326 e. The molecular weight excluding hydrogens is 390 g/mol. The van der Waals surface area contributed by atoms with Crippen molar-refractivity contribution in [2.24, 2.45) is 0 Å². The number of rotatable bonds is 8. The highest BCUT2D eigenvalue weighted by Crippen LogP contribution is 2.37. The van der Waals surface area contributed by atoms with E-state index in [0.29, 0.717) is 11.6 Å². The van der Waals surface area contributed by atoms with Crippen LogP contribution in [0.15, 0.2) is 71.1 Å². The summed E-state index contributed by atoms with van der Waals surface area (Å²) in [7, 11) is 0. The van der Waals surface area contributed by atoms with Crippen LogP contribution in [0.2, 0.25) is 0 Å². The molecule has 0 fully saturated rings. The lowest BCUT2D eigenvalue weighted by Gasteiger charge is -2.17. The molecule has 0 aliphatic heterocycles. The Morgan fingerprint density at radius 3 is 2.64 bits per heavy atom. The zero-order valence-corrected chi connectivity index (χ0v) is 17.1. The quantitative estimate of drug-likeness (QED) is 0.490. The number of hydrogen-bond acceptors (Lipinski definition) is 5. The summed E-state index contributed by atoms with van der Waals surface area (Å²) in [5.74, 6) is -0.141. The first kappa shape index (κ1) is 20.1. The van der Waals surface area contributed by atoms with Crippen molar-refractivity contribution in [1.82, 2.24) is 4.98 Å². The summed E-state index contributed by atoms with van der Waals surface area (Å²) in [6.45, 7) is 1.97. The maximum Gasteiger partial charge on any atom is 0.244 e. The molecule has 5 nitrogen and oxygen atoms in total. The molecule has 1 unspecified atom stereocenters. The summed E-state index contributed by atoms with van der Waals surface area (Å²) in [5, 5.41) is 7.74. The third kappa shape index (κ3) is 5.68. The predicted octanol–water partition coefficient (Wildman–Crippen LogP) is 5.35. The van der Waals surface area contributed by atoms with Crippen LogP contribution in [0.1, 0.15) is 30.6 Å². The van der Waals surface area contributed by atoms with Gasteiger partial charge in [-0.2, -0.15) is 0 Å². The maximum atomic E-state index is 12.9. The predicted molar refractivity (Wildman–Crippen MR) is 116 cm³/mol. The second kappa shape index (κ2) is 10.1. The summed E-state index contributed by atoms with van der Waals surface area (Å²) >= 11 is 2.82. The SMILES string of the molecule is CCCC(=O)Nc1cccc(SC(C(=O)Nc2nccs2)c2ccccc2)c1. The monoisotopic (exact) mass is 411 g/mol. The maximum absolute atomic E-state index is 12.9. The van der Waals surface area contributed by atoms with Gasteiger partial charge >= 0.3 is 0 Å². The van der Waals surface area contributed by atoms with Crippen molar-refractivity contribution in [3.63, 3.8) is 0 Å². The van der Waals surface area contributed by atoms with Gasteiger partial charge in [-0.05, 0) is 30.2 Å². The average molecular weight is 412 g/mol. The molecule has 1 aromatic heterocycles. The van der Waals surface area contributed by atoms with E-state index in [1.807, 2.05) is 66.9 Å². The molecule has 3 aromatic rings. The van der Waals surface area contributed by atoms with Crippen LogP contribution in [-0.4, -0.2) is 16.8 Å². The topological polar surface area (TPSA) is 71.1 Å². The highest BCUT2D eigenvalue weighted by atomic mass is 32.2. The summed E-state index contributed by atoms with van der Waals surface area (Å²) in [5.41, 5.74) is 1.64. The van der Waals surface area contributed by atoms with Crippen molar-refractivity contribution >= 4 is 45.7 Å². The van der Waals surface area contributed by atoms with Gasteiger partial charge in [0.1, 0.15) is 5.25 Å². The molecule has 0 spiro atoms. The number of carbonyl (C=O) groups is 2. The van der Waals surface area contributed by atoms with Crippen LogP contribution < -0.4 is 10.6 Å². The Morgan fingerprint density at radius 2 is 1.93 bits per heavy atom. The summed E-state index contributed by atoms with van der Waals surface area (Å²) in [6, 6.07) is 17.2. The zero-order chi connectivity index (χ0) is 19.8. The molecule has 0 aliphatic rings. The second-order valence-corrected chi connectivity index (χ2v) is 8.13. The minimum atomic E-state index is -0.438. The van der Waals surface area contributed by atoms with Crippen molar-refractivity contribution in [3.05, 3.63) is 71.7 Å². The first-order valence-electron chi connectivity index (χ1n) is 8.97. The van der Waals surface area contributed by atoms with E-state index in [4.69, 9.17) is 0 Å². The Kier molecular flexibility index (Phi) is 7.22. The molecule has 1 atom stereocenters. The van der Waals surface area contributed by atoms with Crippen LogP contribution in [0.25, 0.3) is 0 Å². The third-order valence-corrected chi connectivity index (χ3v) is 5.79. The fourth-order valence-electron chi connectivity index (χ4n) is 2.59. The van der Waals surface area contributed by atoms with Gasteiger partial charge in [-0.15, -0.1) is 23.1 Å². The lowest BCUT2D eigenvalue weighted by Crippen LogP contribution is -2.19. The first-order chi connectivity index (χ1) is 13.7. The molecule has 3 rings (SSSR count). The van der Waals surface area contributed by atoms with Crippen LogP contribution in [0.3, 0.4) is 0 Å². The first-order valence-corrected chi connectivity index (χ1v) is 10.7. The number of aromatic nitrogens is 1. The van der Waals surface area contributed by atoms with Crippen LogP contribution in [-0.2, 0) is 9.59 Å². The van der Waals surface area contributed by atoms with E-state index >= 15 is 0 Å². The van der Waals surface area contributed by atoms with Gasteiger partial charge in [0.25, 0.3) is 0 Å². The number of nitrogens with one attached hydrogen (secondary N) is 2. The van der Waals surface area contributed by atoms with Crippen LogP contribution in [0, 0.1) is 0 Å². The molecule has 1 heterocycles. The van der Waals surface area contributed by atoms with E-state index in [2.05, 4.69) is 15.6 Å². The van der Waals surface area contributed by atoms with E-state index in [0.717, 1.165) is 22.6 Å². The molecule has 0 aliphatic carbocycles. The number of carbonyl (C=O) groups excluding carboxylic acids is 2. The van der Waals surface area contributed by atoms with Crippen molar-refractivity contribution in [1.29, 1.82) is 0 Å². The van der Waals surface area contributed by atoms with Crippen molar-refractivity contribution in [2.45, 2.75) is 29.9 Å². The van der Waals surface area contributed by atoms with E-state index < -0.39 is 5.25 Å². The van der Waals surface area contributed by atoms with Gasteiger partial charge in [-0.3, -0.25) is 9.59 Å². The van der Waals surface area contributed by atoms with E-state index in [1.54, 1.807) is 6.20 Å². The van der Waals surface area contributed by atoms with Crippen LogP contribution >= 0.6 is 23.1 Å². The Morgan fingerprint density at radius 1 is 1.11 bits per heavy atom. The standard InChI is InChI=1S/C21H21N3O2S2/c1-2-7-18(25)23-16-10-6-11-17(14-16)28-19(15-8-4-3-5-9-15)20(26)24-21-22-12-13-27-21/h3-6,8-14,19H,2,7H2,1H3,(H,23,25)(H,22,24,26). The van der Waals surface area contributed by atoms with Gasteiger partial charge in [-0.25, -0.2) is 4.98 Å².